The van der Waals surface area contributed by atoms with Crippen LogP contribution in [0.5, 0.6) is 0 Å². The Hall–Kier alpha value is -1.60. The molecule has 0 heterocycles. The van der Waals surface area contributed by atoms with E-state index in [-0.39, 0.29) is 0 Å². The van der Waals surface area contributed by atoms with Crippen LogP contribution in [-0.4, -0.2) is 10.2 Å². The van der Waals surface area contributed by atoms with E-state index in [1.165, 1.54) is 38.1 Å². The van der Waals surface area contributed by atoms with Crippen molar-refractivity contribution in [3.05, 3.63) is 64.2 Å². The normalized spacial score (nSPS) is 17.2. The topological polar surface area (TPSA) is 0 Å². The van der Waals surface area contributed by atoms with Crippen LogP contribution >= 0.6 is 0 Å². The van der Waals surface area contributed by atoms with E-state index in [9.17, 15) is 0 Å². The largest absolute Gasteiger partial charge is 0.0633 e. The number of allylic oxidation sites excluding steroid dienone is 1. The zero-order chi connectivity index (χ0) is 15.1. The Balaban J connectivity index is 2.22. The Kier molecular flexibility index (Phi) is 3.62. The third-order valence-electron chi connectivity index (χ3n) is 4.77. The number of rotatable bonds is 2. The van der Waals surface area contributed by atoms with Gasteiger partial charge in [-0.1, -0.05) is 67.5 Å². The van der Waals surface area contributed by atoms with Gasteiger partial charge in [-0.15, -0.1) is 0 Å². The van der Waals surface area contributed by atoms with Gasteiger partial charge in [-0.2, -0.15) is 0 Å². The molecule has 0 N–H and O–H groups in total. The average Bonchev–Trinajstić information content (AvgIpc) is 2.79. The van der Waals surface area contributed by atoms with Gasteiger partial charge < -0.3 is 0 Å². The Morgan fingerprint density at radius 2 is 1.76 bits per heavy atom. The summed E-state index contributed by atoms with van der Waals surface area (Å²) in [6.07, 6.45) is 2.47. The Bertz CT molecular complexity index is 723. The summed E-state index contributed by atoms with van der Waals surface area (Å²) in [5.41, 5.74) is 10.8. The maximum Gasteiger partial charge on any atom is 0.0175 e. The second-order valence-electron chi connectivity index (χ2n) is 6.65. The number of fused-ring (bicyclic) bond motifs is 1. The Labute approximate surface area is 131 Å². The smallest absolute Gasteiger partial charge is 0.0175 e. The SMILES string of the molecule is Cc1ccc(C)c(-c2cccc3c2C=C(C(C)C)C3[SiH3])c1. The van der Waals surface area contributed by atoms with E-state index in [4.69, 9.17) is 0 Å². The molecule has 21 heavy (non-hydrogen) atoms. The molecule has 0 spiro atoms. The third-order valence-corrected chi connectivity index (χ3v) is 6.06. The van der Waals surface area contributed by atoms with Crippen LogP contribution in [0.3, 0.4) is 0 Å². The Morgan fingerprint density at radius 1 is 1.00 bits per heavy atom. The molecule has 0 saturated heterocycles. The molecule has 108 valence electrons. The molecule has 1 aliphatic carbocycles. The summed E-state index contributed by atoms with van der Waals surface area (Å²) < 4.78 is 0. The van der Waals surface area contributed by atoms with E-state index in [1.54, 1.807) is 11.1 Å². The van der Waals surface area contributed by atoms with Crippen LogP contribution < -0.4 is 0 Å². The predicted molar refractivity (Wildman–Crippen MR) is 96.8 cm³/mol. The van der Waals surface area contributed by atoms with Gasteiger partial charge in [-0.25, -0.2) is 0 Å². The maximum absolute atomic E-state index is 2.47. The molecule has 0 radical (unpaired) electrons. The molecule has 3 rings (SSSR count). The van der Waals surface area contributed by atoms with Crippen molar-refractivity contribution in [1.82, 2.24) is 0 Å². The molecule has 1 atom stereocenters. The number of benzene rings is 2. The molecule has 2 aromatic carbocycles. The second kappa shape index (κ2) is 5.30. The van der Waals surface area contributed by atoms with Gasteiger partial charge in [0.25, 0.3) is 0 Å². The van der Waals surface area contributed by atoms with Crippen molar-refractivity contribution in [3.63, 3.8) is 0 Å². The first kappa shape index (κ1) is 14.3. The number of aryl methyl sites for hydroxylation is 2. The first-order valence-electron chi connectivity index (χ1n) is 7.91. The highest BCUT2D eigenvalue weighted by atomic mass is 28.1. The van der Waals surface area contributed by atoms with E-state index < -0.39 is 0 Å². The van der Waals surface area contributed by atoms with Gasteiger partial charge in [-0.3, -0.25) is 0 Å². The molecular formula is C20H24Si. The zero-order valence-electron chi connectivity index (χ0n) is 13.7. The minimum atomic E-state index is 0.645. The van der Waals surface area contributed by atoms with Crippen molar-refractivity contribution in [3.8, 4) is 11.1 Å². The van der Waals surface area contributed by atoms with E-state index in [1.807, 2.05) is 0 Å². The summed E-state index contributed by atoms with van der Waals surface area (Å²) in [5.74, 6) is 0.645. The molecule has 0 amide bonds. The first-order chi connectivity index (χ1) is 9.99. The minimum Gasteiger partial charge on any atom is -0.0633 e. The molecule has 1 heteroatoms. The third kappa shape index (κ3) is 2.40. The fourth-order valence-electron chi connectivity index (χ4n) is 3.52. The van der Waals surface area contributed by atoms with E-state index in [0.717, 1.165) is 0 Å². The van der Waals surface area contributed by atoms with Gasteiger partial charge in [0.15, 0.2) is 0 Å². The molecule has 0 aliphatic heterocycles. The van der Waals surface area contributed by atoms with Gasteiger partial charge in [0.1, 0.15) is 0 Å². The van der Waals surface area contributed by atoms with Crippen LogP contribution in [0, 0.1) is 19.8 Å². The van der Waals surface area contributed by atoms with Crippen LogP contribution in [0.15, 0.2) is 42.0 Å². The Morgan fingerprint density at radius 3 is 2.48 bits per heavy atom. The quantitative estimate of drug-likeness (QED) is 0.718. The van der Waals surface area contributed by atoms with E-state index in [0.29, 0.717) is 11.5 Å². The standard InChI is InChI=1S/C20H24Si/c1-12(2)17-11-19-15(6-5-7-16(19)20(17)21)18-10-13(3)8-9-14(18)4/h5-12,20H,1-4,21H3. The van der Waals surface area contributed by atoms with Gasteiger partial charge in [0.2, 0.25) is 0 Å². The van der Waals surface area contributed by atoms with E-state index in [2.05, 4.69) is 70.2 Å². The predicted octanol–water partition coefficient (Wildman–Crippen LogP) is 4.43. The van der Waals surface area contributed by atoms with Crippen LogP contribution in [0.25, 0.3) is 17.2 Å². The molecule has 0 saturated carbocycles. The molecule has 0 nitrogen and oxygen atoms in total. The zero-order valence-corrected chi connectivity index (χ0v) is 15.7. The van der Waals surface area contributed by atoms with Crippen molar-refractivity contribution in [2.24, 2.45) is 5.92 Å². The van der Waals surface area contributed by atoms with Crippen molar-refractivity contribution < 1.29 is 0 Å². The molecule has 0 bridgehead atoms. The number of hydrogen-bond donors (Lipinski definition) is 0. The lowest BCUT2D eigenvalue weighted by Gasteiger charge is -2.15. The summed E-state index contributed by atoms with van der Waals surface area (Å²) in [6.45, 7) is 9.03. The molecule has 0 aromatic heterocycles. The van der Waals surface area contributed by atoms with Crippen LogP contribution in [0.1, 0.15) is 41.6 Å². The molecule has 1 unspecified atom stereocenters. The monoisotopic (exact) mass is 292 g/mol. The highest BCUT2D eigenvalue weighted by Gasteiger charge is 2.25. The highest BCUT2D eigenvalue weighted by molar-refractivity contribution is 6.16. The fraction of sp³-hybridized carbons (Fsp3) is 0.300. The summed E-state index contributed by atoms with van der Waals surface area (Å²) in [7, 11) is 1.20. The van der Waals surface area contributed by atoms with E-state index >= 15 is 0 Å². The average molecular weight is 292 g/mol. The van der Waals surface area contributed by atoms with Crippen LogP contribution in [0.2, 0.25) is 0 Å². The summed E-state index contributed by atoms with van der Waals surface area (Å²) in [4.78, 5) is 0. The maximum atomic E-state index is 2.47. The lowest BCUT2D eigenvalue weighted by molar-refractivity contribution is 0.746. The van der Waals surface area contributed by atoms with Crippen molar-refractivity contribution >= 4 is 16.3 Å². The van der Waals surface area contributed by atoms with Gasteiger partial charge in [-0.05, 0) is 53.1 Å². The molecule has 0 fully saturated rings. The minimum absolute atomic E-state index is 0.645. The van der Waals surface area contributed by atoms with Crippen molar-refractivity contribution in [2.75, 3.05) is 0 Å². The second-order valence-corrected chi connectivity index (χ2v) is 7.80. The lowest BCUT2D eigenvalue weighted by Crippen LogP contribution is -2.03. The first-order valence-corrected chi connectivity index (χ1v) is 9.06. The summed E-state index contributed by atoms with van der Waals surface area (Å²) >= 11 is 0. The molecular weight excluding hydrogens is 268 g/mol. The van der Waals surface area contributed by atoms with Gasteiger partial charge in [0, 0.05) is 10.2 Å². The fourth-order valence-corrected chi connectivity index (χ4v) is 4.86. The summed E-state index contributed by atoms with van der Waals surface area (Å²) in [5, 5.41) is 0. The molecule has 1 aliphatic rings. The highest BCUT2D eigenvalue weighted by Crippen LogP contribution is 2.42. The molecule has 2 aromatic rings. The van der Waals surface area contributed by atoms with Crippen molar-refractivity contribution in [1.29, 1.82) is 0 Å². The summed E-state index contributed by atoms with van der Waals surface area (Å²) in [6, 6.07) is 13.6. The number of hydrogen-bond acceptors (Lipinski definition) is 0. The van der Waals surface area contributed by atoms with Crippen LogP contribution in [0.4, 0.5) is 0 Å². The lowest BCUT2D eigenvalue weighted by atomic mass is 9.93. The van der Waals surface area contributed by atoms with Crippen LogP contribution in [-0.2, 0) is 0 Å². The van der Waals surface area contributed by atoms with Crippen molar-refractivity contribution in [2.45, 2.75) is 33.2 Å². The van der Waals surface area contributed by atoms with Gasteiger partial charge >= 0.3 is 0 Å². The van der Waals surface area contributed by atoms with Gasteiger partial charge in [0.05, 0.1) is 0 Å².